The quantitative estimate of drug-likeness (QED) is 0.863. The van der Waals surface area contributed by atoms with Gasteiger partial charge in [0.1, 0.15) is 6.10 Å². The lowest BCUT2D eigenvalue weighted by atomic mass is 9.91. The van der Waals surface area contributed by atoms with Crippen molar-refractivity contribution in [2.75, 3.05) is 19.7 Å². The molecule has 0 spiro atoms. The van der Waals surface area contributed by atoms with Gasteiger partial charge in [0.15, 0.2) is 0 Å². The molecule has 2 aliphatic rings. The molecular formula is C20H25N3O2. The lowest BCUT2D eigenvalue weighted by molar-refractivity contribution is -0.142. The van der Waals surface area contributed by atoms with Crippen LogP contribution in [0.1, 0.15) is 42.7 Å². The molecule has 4 rings (SSSR count). The molecule has 132 valence electrons. The summed E-state index contributed by atoms with van der Waals surface area (Å²) in [6.45, 7) is 4.46. The predicted molar refractivity (Wildman–Crippen MR) is 95.8 cm³/mol. The van der Waals surface area contributed by atoms with Gasteiger partial charge in [-0.25, -0.2) is 4.68 Å². The minimum atomic E-state index is -0.194. The zero-order valence-corrected chi connectivity index (χ0v) is 14.7. The van der Waals surface area contributed by atoms with Crippen molar-refractivity contribution in [1.82, 2.24) is 14.7 Å². The summed E-state index contributed by atoms with van der Waals surface area (Å²) in [6, 6.07) is 8.36. The van der Waals surface area contributed by atoms with E-state index in [1.807, 2.05) is 15.8 Å². The molecule has 1 unspecified atom stereocenters. The SMILES string of the molecule is Cc1cccc(-n2cc(C3CCN(C(=O)C4CCCO4)CC3)cn2)c1. The first-order valence-electron chi connectivity index (χ1n) is 9.23. The highest BCUT2D eigenvalue weighted by molar-refractivity contribution is 5.81. The first kappa shape index (κ1) is 16.3. The Hall–Kier alpha value is -2.14. The molecule has 1 amide bonds. The van der Waals surface area contributed by atoms with Crippen LogP contribution in [0.25, 0.3) is 5.69 Å². The number of hydrogen-bond acceptors (Lipinski definition) is 3. The van der Waals surface area contributed by atoms with Crippen molar-refractivity contribution in [1.29, 1.82) is 0 Å². The Labute approximate surface area is 148 Å². The van der Waals surface area contributed by atoms with Gasteiger partial charge >= 0.3 is 0 Å². The summed E-state index contributed by atoms with van der Waals surface area (Å²) in [4.78, 5) is 14.4. The van der Waals surface area contributed by atoms with Crippen LogP contribution < -0.4 is 0 Å². The lowest BCUT2D eigenvalue weighted by Crippen LogP contribution is -2.43. The van der Waals surface area contributed by atoms with Crippen molar-refractivity contribution in [2.45, 2.75) is 44.6 Å². The average Bonchev–Trinajstić information content (AvgIpc) is 3.33. The Balaban J connectivity index is 1.39. The summed E-state index contributed by atoms with van der Waals surface area (Å²) in [7, 11) is 0. The summed E-state index contributed by atoms with van der Waals surface area (Å²) in [6.07, 6.45) is 7.80. The smallest absolute Gasteiger partial charge is 0.251 e. The van der Waals surface area contributed by atoms with Crippen LogP contribution in [0.3, 0.4) is 0 Å². The number of carbonyl (C=O) groups is 1. The van der Waals surface area contributed by atoms with E-state index in [4.69, 9.17) is 4.74 Å². The molecule has 2 aliphatic heterocycles. The highest BCUT2D eigenvalue weighted by Gasteiger charge is 2.31. The number of piperidine rings is 1. The topological polar surface area (TPSA) is 47.4 Å². The van der Waals surface area contributed by atoms with Gasteiger partial charge in [0.05, 0.1) is 11.9 Å². The number of hydrogen-bond donors (Lipinski definition) is 0. The van der Waals surface area contributed by atoms with Crippen LogP contribution >= 0.6 is 0 Å². The van der Waals surface area contributed by atoms with Crippen molar-refractivity contribution in [3.63, 3.8) is 0 Å². The average molecular weight is 339 g/mol. The minimum absolute atomic E-state index is 0.186. The number of rotatable bonds is 3. The fraction of sp³-hybridized carbons (Fsp3) is 0.500. The first-order valence-corrected chi connectivity index (χ1v) is 9.23. The molecule has 0 bridgehead atoms. The normalized spacial score (nSPS) is 21.6. The molecule has 3 heterocycles. The molecule has 2 saturated heterocycles. The third kappa shape index (κ3) is 3.47. The molecule has 1 aromatic heterocycles. The number of ether oxygens (including phenoxy) is 1. The van der Waals surface area contributed by atoms with Crippen molar-refractivity contribution >= 4 is 5.91 Å². The van der Waals surface area contributed by atoms with Crippen LogP contribution in [0, 0.1) is 6.92 Å². The summed E-state index contributed by atoms with van der Waals surface area (Å²) in [5.74, 6) is 0.665. The van der Waals surface area contributed by atoms with E-state index in [0.29, 0.717) is 5.92 Å². The number of benzene rings is 1. The Kier molecular flexibility index (Phi) is 4.57. The zero-order valence-electron chi connectivity index (χ0n) is 14.7. The number of aromatic nitrogens is 2. The number of amides is 1. The molecule has 5 heteroatoms. The Morgan fingerprint density at radius 2 is 2.08 bits per heavy atom. The molecule has 2 fully saturated rings. The van der Waals surface area contributed by atoms with E-state index in [2.05, 4.69) is 42.5 Å². The van der Waals surface area contributed by atoms with E-state index in [0.717, 1.165) is 51.1 Å². The fourth-order valence-corrected chi connectivity index (χ4v) is 3.87. The van der Waals surface area contributed by atoms with Crippen molar-refractivity contribution in [3.8, 4) is 5.69 Å². The third-order valence-electron chi connectivity index (χ3n) is 5.35. The molecule has 0 saturated carbocycles. The van der Waals surface area contributed by atoms with Gasteiger partial charge in [0.25, 0.3) is 5.91 Å². The minimum Gasteiger partial charge on any atom is -0.368 e. The van der Waals surface area contributed by atoms with E-state index in [-0.39, 0.29) is 12.0 Å². The Morgan fingerprint density at radius 3 is 2.80 bits per heavy atom. The molecule has 1 aromatic carbocycles. The van der Waals surface area contributed by atoms with Gasteiger partial charge in [-0.3, -0.25) is 4.79 Å². The number of aryl methyl sites for hydroxylation is 1. The second-order valence-electron chi connectivity index (χ2n) is 7.16. The molecule has 1 atom stereocenters. The van der Waals surface area contributed by atoms with Gasteiger partial charge in [0.2, 0.25) is 0 Å². The molecule has 2 aromatic rings. The number of nitrogens with zero attached hydrogens (tertiary/aromatic N) is 3. The lowest BCUT2D eigenvalue weighted by Gasteiger charge is -2.33. The Morgan fingerprint density at radius 1 is 1.24 bits per heavy atom. The van der Waals surface area contributed by atoms with Crippen LogP contribution in [0.4, 0.5) is 0 Å². The van der Waals surface area contributed by atoms with Crippen LogP contribution in [0.15, 0.2) is 36.7 Å². The molecule has 0 radical (unpaired) electrons. The number of likely N-dealkylation sites (tertiary alicyclic amines) is 1. The Bertz CT molecular complexity index is 741. The van der Waals surface area contributed by atoms with Crippen molar-refractivity contribution in [3.05, 3.63) is 47.8 Å². The highest BCUT2D eigenvalue weighted by Crippen LogP contribution is 2.29. The number of carbonyl (C=O) groups excluding carboxylic acids is 1. The van der Waals surface area contributed by atoms with E-state index in [9.17, 15) is 4.79 Å². The van der Waals surface area contributed by atoms with Crippen LogP contribution in [0.2, 0.25) is 0 Å². The first-order chi connectivity index (χ1) is 12.2. The summed E-state index contributed by atoms with van der Waals surface area (Å²) in [5.41, 5.74) is 3.60. The van der Waals surface area contributed by atoms with Crippen LogP contribution in [0.5, 0.6) is 0 Å². The molecule has 0 N–H and O–H groups in total. The van der Waals surface area contributed by atoms with Gasteiger partial charge in [-0.15, -0.1) is 0 Å². The second kappa shape index (κ2) is 7.00. The zero-order chi connectivity index (χ0) is 17.2. The van der Waals surface area contributed by atoms with E-state index < -0.39 is 0 Å². The van der Waals surface area contributed by atoms with Gasteiger partial charge in [-0.05, 0) is 61.8 Å². The summed E-state index contributed by atoms with van der Waals surface area (Å²) >= 11 is 0. The van der Waals surface area contributed by atoms with Crippen LogP contribution in [-0.2, 0) is 9.53 Å². The van der Waals surface area contributed by atoms with Crippen LogP contribution in [-0.4, -0.2) is 46.4 Å². The second-order valence-corrected chi connectivity index (χ2v) is 7.16. The summed E-state index contributed by atoms with van der Waals surface area (Å²) in [5, 5.41) is 4.54. The van der Waals surface area contributed by atoms with E-state index in [1.54, 1.807) is 0 Å². The predicted octanol–water partition coefficient (Wildman–Crippen LogP) is 3.07. The molecule has 0 aliphatic carbocycles. The van der Waals surface area contributed by atoms with Crippen molar-refractivity contribution in [2.24, 2.45) is 0 Å². The standard InChI is InChI=1S/C20H25N3O2/c1-15-4-2-5-18(12-15)23-14-17(13-21-23)16-7-9-22(10-8-16)20(24)19-6-3-11-25-19/h2,4-5,12-14,16,19H,3,6-11H2,1H3. The molecule has 5 nitrogen and oxygen atoms in total. The van der Waals surface area contributed by atoms with E-state index in [1.165, 1.54) is 11.1 Å². The summed E-state index contributed by atoms with van der Waals surface area (Å²) < 4.78 is 7.49. The maximum absolute atomic E-state index is 12.4. The maximum Gasteiger partial charge on any atom is 0.251 e. The van der Waals surface area contributed by atoms with Crippen molar-refractivity contribution < 1.29 is 9.53 Å². The third-order valence-corrected chi connectivity index (χ3v) is 5.35. The van der Waals surface area contributed by atoms with Gasteiger partial charge in [-0.2, -0.15) is 5.10 Å². The fourth-order valence-electron chi connectivity index (χ4n) is 3.87. The largest absolute Gasteiger partial charge is 0.368 e. The van der Waals surface area contributed by atoms with Gasteiger partial charge < -0.3 is 9.64 Å². The maximum atomic E-state index is 12.4. The van der Waals surface area contributed by atoms with E-state index >= 15 is 0 Å². The highest BCUT2D eigenvalue weighted by atomic mass is 16.5. The van der Waals surface area contributed by atoms with Gasteiger partial charge in [-0.1, -0.05) is 12.1 Å². The van der Waals surface area contributed by atoms with Gasteiger partial charge in [0, 0.05) is 25.9 Å². The monoisotopic (exact) mass is 339 g/mol. The molecule has 25 heavy (non-hydrogen) atoms. The molecular weight excluding hydrogens is 314 g/mol.